The highest BCUT2D eigenvalue weighted by molar-refractivity contribution is 5.69. The van der Waals surface area contributed by atoms with E-state index in [0.29, 0.717) is 5.69 Å². The first-order valence-corrected chi connectivity index (χ1v) is 9.70. The van der Waals surface area contributed by atoms with Gasteiger partial charge < -0.3 is 29.0 Å². The van der Waals surface area contributed by atoms with E-state index in [4.69, 9.17) is 23.7 Å². The van der Waals surface area contributed by atoms with Crippen LogP contribution in [0.3, 0.4) is 0 Å². The van der Waals surface area contributed by atoms with Gasteiger partial charge in [-0.15, -0.1) is 0 Å². The van der Waals surface area contributed by atoms with Crippen LogP contribution in [0.15, 0.2) is 24.3 Å². The molecule has 0 bridgehead atoms. The molecular weight excluding hydrogens is 410 g/mol. The highest BCUT2D eigenvalue weighted by atomic mass is 16.7. The summed E-state index contributed by atoms with van der Waals surface area (Å²) in [7, 11) is 0. The number of carbonyl (C=O) groups excluding carboxylic acids is 4. The van der Waals surface area contributed by atoms with Crippen molar-refractivity contribution in [3.8, 4) is 0 Å². The molecule has 170 valence electrons. The van der Waals surface area contributed by atoms with E-state index >= 15 is 0 Å². The number of rotatable bonds is 7. The van der Waals surface area contributed by atoms with Gasteiger partial charge in [0.05, 0.1) is 0 Å². The Morgan fingerprint density at radius 3 is 2.00 bits per heavy atom. The molecule has 10 nitrogen and oxygen atoms in total. The van der Waals surface area contributed by atoms with Gasteiger partial charge in [-0.1, -0.05) is 12.1 Å². The van der Waals surface area contributed by atoms with Crippen molar-refractivity contribution in [1.29, 1.82) is 0 Å². The van der Waals surface area contributed by atoms with Crippen molar-refractivity contribution in [2.75, 3.05) is 11.9 Å². The first-order valence-electron chi connectivity index (χ1n) is 9.70. The molecule has 1 aliphatic heterocycles. The van der Waals surface area contributed by atoms with Crippen LogP contribution in [-0.4, -0.2) is 61.1 Å². The lowest BCUT2D eigenvalue weighted by Gasteiger charge is -2.44. The Labute approximate surface area is 180 Å². The monoisotopic (exact) mass is 437 g/mol. The zero-order valence-corrected chi connectivity index (χ0v) is 18.1. The molecule has 0 spiro atoms. The van der Waals surface area contributed by atoms with Gasteiger partial charge in [0, 0.05) is 33.4 Å². The summed E-state index contributed by atoms with van der Waals surface area (Å²) in [5.41, 5.74) is 1.62. The number of esters is 4. The van der Waals surface area contributed by atoms with Gasteiger partial charge in [0.1, 0.15) is 12.7 Å². The average Bonchev–Trinajstić information content (AvgIpc) is 2.64. The Balaban J connectivity index is 2.44. The summed E-state index contributed by atoms with van der Waals surface area (Å²) >= 11 is 0. The molecule has 1 heterocycles. The minimum absolute atomic E-state index is 0.274. The molecule has 0 saturated carbocycles. The predicted molar refractivity (Wildman–Crippen MR) is 107 cm³/mol. The number of aryl methyl sites for hydroxylation is 1. The van der Waals surface area contributed by atoms with E-state index in [1.807, 2.05) is 25.1 Å². The van der Waals surface area contributed by atoms with Crippen LogP contribution < -0.4 is 5.32 Å². The summed E-state index contributed by atoms with van der Waals surface area (Å²) in [6, 6.07) is 7.34. The molecular formula is C21H27NO9. The number of benzene rings is 1. The normalized spacial score (nSPS) is 25.1. The van der Waals surface area contributed by atoms with Crippen molar-refractivity contribution in [1.82, 2.24) is 0 Å². The molecule has 10 heteroatoms. The Hall–Kier alpha value is -3.14. The fraction of sp³-hybridized carbons (Fsp3) is 0.524. The van der Waals surface area contributed by atoms with Crippen molar-refractivity contribution in [3.05, 3.63) is 29.8 Å². The quantitative estimate of drug-likeness (QED) is 0.495. The first-order chi connectivity index (χ1) is 14.6. The van der Waals surface area contributed by atoms with Crippen molar-refractivity contribution < 1.29 is 42.9 Å². The van der Waals surface area contributed by atoms with Crippen molar-refractivity contribution in [2.45, 2.75) is 65.3 Å². The van der Waals surface area contributed by atoms with E-state index in [-0.39, 0.29) is 6.61 Å². The number of anilines is 1. The average molecular weight is 437 g/mol. The van der Waals surface area contributed by atoms with Crippen LogP contribution in [0.1, 0.15) is 33.3 Å². The molecule has 2 rings (SSSR count). The van der Waals surface area contributed by atoms with Crippen LogP contribution in [0.25, 0.3) is 0 Å². The van der Waals surface area contributed by atoms with E-state index in [0.717, 1.165) is 5.56 Å². The lowest BCUT2D eigenvalue weighted by molar-refractivity contribution is -0.247. The third kappa shape index (κ3) is 7.25. The van der Waals surface area contributed by atoms with Gasteiger partial charge in [0.15, 0.2) is 24.5 Å². The zero-order valence-electron chi connectivity index (χ0n) is 18.1. The number of carbonyl (C=O) groups is 4. The van der Waals surface area contributed by atoms with Crippen LogP contribution >= 0.6 is 0 Å². The highest BCUT2D eigenvalue weighted by Crippen LogP contribution is 2.30. The molecule has 31 heavy (non-hydrogen) atoms. The molecule has 0 amide bonds. The van der Waals surface area contributed by atoms with E-state index in [1.165, 1.54) is 27.7 Å². The van der Waals surface area contributed by atoms with E-state index < -0.39 is 54.5 Å². The smallest absolute Gasteiger partial charge is 0.303 e. The van der Waals surface area contributed by atoms with Gasteiger partial charge in [-0.05, 0) is 24.6 Å². The SMILES string of the molecule is CC(=O)OC[C@@H]1O[C@@H](Nc2cccc(C)c2)[C@H](OC(C)=O)[C@H](OC(C)=O)[C@@H]1OC(C)=O. The van der Waals surface area contributed by atoms with Gasteiger partial charge in [-0.3, -0.25) is 19.2 Å². The molecule has 1 aromatic carbocycles. The molecule has 1 N–H and O–H groups in total. The molecule has 0 aliphatic carbocycles. The van der Waals surface area contributed by atoms with Gasteiger partial charge in [-0.2, -0.15) is 0 Å². The third-order valence-corrected chi connectivity index (χ3v) is 4.32. The van der Waals surface area contributed by atoms with Gasteiger partial charge in [-0.25, -0.2) is 0 Å². The lowest BCUT2D eigenvalue weighted by Crippen LogP contribution is -2.64. The van der Waals surface area contributed by atoms with Crippen LogP contribution in [-0.2, 0) is 42.9 Å². The Morgan fingerprint density at radius 1 is 0.871 bits per heavy atom. The minimum Gasteiger partial charge on any atom is -0.463 e. The fourth-order valence-electron chi connectivity index (χ4n) is 3.24. The Bertz CT molecular complexity index is 825. The minimum atomic E-state index is -1.21. The highest BCUT2D eigenvalue weighted by Gasteiger charge is 2.52. The van der Waals surface area contributed by atoms with Crippen LogP contribution in [0.5, 0.6) is 0 Å². The maximum atomic E-state index is 11.8. The third-order valence-electron chi connectivity index (χ3n) is 4.32. The molecule has 5 atom stereocenters. The molecule has 1 aliphatic rings. The maximum Gasteiger partial charge on any atom is 0.303 e. The summed E-state index contributed by atoms with van der Waals surface area (Å²) in [5, 5.41) is 3.10. The Kier molecular flexibility index (Phi) is 8.38. The van der Waals surface area contributed by atoms with E-state index in [1.54, 1.807) is 6.07 Å². The van der Waals surface area contributed by atoms with E-state index in [9.17, 15) is 19.2 Å². The number of hydrogen-bond acceptors (Lipinski definition) is 10. The van der Waals surface area contributed by atoms with Gasteiger partial charge >= 0.3 is 23.9 Å². The molecule has 1 saturated heterocycles. The summed E-state index contributed by atoms with van der Waals surface area (Å²) in [6.07, 6.45) is -5.53. The van der Waals surface area contributed by atoms with Gasteiger partial charge in [0.2, 0.25) is 0 Å². The number of ether oxygens (including phenoxy) is 5. The van der Waals surface area contributed by atoms with Crippen molar-refractivity contribution in [2.24, 2.45) is 0 Å². The van der Waals surface area contributed by atoms with Crippen molar-refractivity contribution in [3.63, 3.8) is 0 Å². The molecule has 0 unspecified atom stereocenters. The summed E-state index contributed by atoms with van der Waals surface area (Å²) in [5.74, 6) is -2.58. The molecule has 1 aromatic rings. The second-order valence-corrected chi connectivity index (χ2v) is 7.13. The topological polar surface area (TPSA) is 126 Å². The second-order valence-electron chi connectivity index (χ2n) is 7.13. The van der Waals surface area contributed by atoms with E-state index in [2.05, 4.69) is 5.32 Å². The second kappa shape index (κ2) is 10.8. The standard InChI is InChI=1S/C21H27NO9/c1-11-7-6-8-16(9-11)22-21-20(30-15(5)26)19(29-14(4)25)18(28-13(3)24)17(31-21)10-27-12(2)23/h6-9,17-22H,10H2,1-5H3/t17-,18+,19+,20+,21+/m0/s1. The predicted octanol–water partition coefficient (Wildman–Crippen LogP) is 1.49. The molecule has 0 radical (unpaired) electrons. The fourth-order valence-corrected chi connectivity index (χ4v) is 3.24. The number of hydrogen-bond donors (Lipinski definition) is 1. The van der Waals surface area contributed by atoms with Gasteiger partial charge in [0.25, 0.3) is 0 Å². The summed E-state index contributed by atoms with van der Waals surface area (Å²) < 4.78 is 27.2. The molecule has 1 fully saturated rings. The van der Waals surface area contributed by atoms with Crippen LogP contribution in [0, 0.1) is 6.92 Å². The lowest BCUT2D eigenvalue weighted by atomic mass is 9.97. The molecule has 0 aromatic heterocycles. The van der Waals surface area contributed by atoms with Crippen molar-refractivity contribution >= 4 is 29.6 Å². The summed E-state index contributed by atoms with van der Waals surface area (Å²) in [6.45, 7) is 6.39. The number of nitrogens with one attached hydrogen (secondary N) is 1. The van der Waals surface area contributed by atoms with Crippen LogP contribution in [0.2, 0.25) is 0 Å². The largest absolute Gasteiger partial charge is 0.463 e. The maximum absolute atomic E-state index is 11.8. The van der Waals surface area contributed by atoms with Crippen LogP contribution in [0.4, 0.5) is 5.69 Å². The first kappa shape index (κ1) is 24.1. The summed E-state index contributed by atoms with van der Waals surface area (Å²) in [4.78, 5) is 46.7. The zero-order chi connectivity index (χ0) is 23.1. The Morgan fingerprint density at radius 2 is 1.45 bits per heavy atom.